The van der Waals surface area contributed by atoms with E-state index in [2.05, 4.69) is 15.6 Å². The van der Waals surface area contributed by atoms with E-state index in [0.717, 1.165) is 31.4 Å². The van der Waals surface area contributed by atoms with Gasteiger partial charge in [-0.3, -0.25) is 0 Å². The molecule has 0 spiro atoms. The van der Waals surface area contributed by atoms with E-state index in [0.29, 0.717) is 6.04 Å². The predicted molar refractivity (Wildman–Crippen MR) is 85.8 cm³/mol. The second-order valence-electron chi connectivity index (χ2n) is 6.84. The Labute approximate surface area is 130 Å². The van der Waals surface area contributed by atoms with Crippen molar-refractivity contribution in [1.29, 1.82) is 0 Å². The molecule has 0 N–H and O–H groups in total. The summed E-state index contributed by atoms with van der Waals surface area (Å²) in [5.41, 5.74) is 1.75. The fraction of sp³-hybridized carbons (Fsp3) is 0.529. The second kappa shape index (κ2) is 5.63. The summed E-state index contributed by atoms with van der Waals surface area (Å²) in [6.45, 7) is 7.15. The number of aromatic nitrogens is 2. The van der Waals surface area contributed by atoms with Crippen LogP contribution in [0.5, 0.6) is 0 Å². The fourth-order valence-corrected chi connectivity index (χ4v) is 2.92. The van der Waals surface area contributed by atoms with Gasteiger partial charge in [0.25, 0.3) is 0 Å². The van der Waals surface area contributed by atoms with Gasteiger partial charge in [0.2, 0.25) is 0 Å². The number of piperidine rings is 1. The van der Waals surface area contributed by atoms with Crippen LogP contribution in [0.3, 0.4) is 0 Å². The van der Waals surface area contributed by atoms with Crippen molar-refractivity contribution in [3.63, 3.8) is 0 Å². The molecule has 0 unspecified atom stereocenters. The average molecular weight is 301 g/mol. The van der Waals surface area contributed by atoms with E-state index in [1.54, 1.807) is 4.90 Å². The van der Waals surface area contributed by atoms with Gasteiger partial charge in [-0.25, -0.2) is 9.78 Å². The summed E-state index contributed by atoms with van der Waals surface area (Å²) in [4.78, 5) is 18.4. The minimum Gasteiger partial charge on any atom is -0.444 e. The van der Waals surface area contributed by atoms with Crippen LogP contribution in [-0.2, 0) is 4.74 Å². The summed E-state index contributed by atoms with van der Waals surface area (Å²) in [6, 6.07) is 8.57. The SMILES string of the molecule is CC(C)(C)OC(=O)N1CCC(n2cnc3ccccc32)CC1. The Balaban J connectivity index is 1.66. The predicted octanol–water partition coefficient (Wildman–Crippen LogP) is 3.61. The molecule has 1 aliphatic rings. The number of imidazole rings is 1. The number of nitrogens with zero attached hydrogens (tertiary/aromatic N) is 3. The fourth-order valence-electron chi connectivity index (χ4n) is 2.92. The molecule has 1 fully saturated rings. The van der Waals surface area contributed by atoms with Crippen LogP contribution in [0.2, 0.25) is 0 Å². The third-order valence-corrected chi connectivity index (χ3v) is 3.99. The number of rotatable bonds is 1. The van der Waals surface area contributed by atoms with Gasteiger partial charge in [-0.1, -0.05) is 12.1 Å². The summed E-state index contributed by atoms with van der Waals surface area (Å²) < 4.78 is 7.68. The molecule has 5 nitrogen and oxygen atoms in total. The van der Waals surface area contributed by atoms with Gasteiger partial charge in [-0.2, -0.15) is 0 Å². The lowest BCUT2D eigenvalue weighted by molar-refractivity contribution is 0.0189. The summed E-state index contributed by atoms with van der Waals surface area (Å²) in [5, 5.41) is 0. The molecule has 1 aromatic heterocycles. The Kier molecular flexibility index (Phi) is 3.81. The molecule has 3 rings (SSSR count). The number of para-hydroxylation sites is 2. The summed E-state index contributed by atoms with van der Waals surface area (Å²) >= 11 is 0. The van der Waals surface area contributed by atoms with Crippen molar-refractivity contribution in [1.82, 2.24) is 14.5 Å². The van der Waals surface area contributed by atoms with Gasteiger partial charge in [0.15, 0.2) is 0 Å². The molecule has 2 heterocycles. The topological polar surface area (TPSA) is 47.4 Å². The zero-order chi connectivity index (χ0) is 15.7. The van der Waals surface area contributed by atoms with E-state index in [1.165, 1.54) is 5.52 Å². The van der Waals surface area contributed by atoms with Crippen LogP contribution in [0.15, 0.2) is 30.6 Å². The lowest BCUT2D eigenvalue weighted by Crippen LogP contribution is -2.42. The van der Waals surface area contributed by atoms with Gasteiger partial charge in [0, 0.05) is 19.1 Å². The molecule has 1 aliphatic heterocycles. The normalized spacial score (nSPS) is 17.0. The van der Waals surface area contributed by atoms with Crippen molar-refractivity contribution < 1.29 is 9.53 Å². The van der Waals surface area contributed by atoms with Gasteiger partial charge in [-0.05, 0) is 45.7 Å². The maximum Gasteiger partial charge on any atom is 0.410 e. The van der Waals surface area contributed by atoms with Crippen molar-refractivity contribution in [3.8, 4) is 0 Å². The number of amides is 1. The van der Waals surface area contributed by atoms with Gasteiger partial charge >= 0.3 is 6.09 Å². The molecular formula is C17H23N3O2. The first-order valence-electron chi connectivity index (χ1n) is 7.83. The Morgan fingerprint density at radius 1 is 1.23 bits per heavy atom. The highest BCUT2D eigenvalue weighted by atomic mass is 16.6. The van der Waals surface area contributed by atoms with Crippen LogP contribution < -0.4 is 0 Å². The average Bonchev–Trinajstić information content (AvgIpc) is 2.89. The maximum absolute atomic E-state index is 12.1. The molecule has 22 heavy (non-hydrogen) atoms. The molecule has 5 heteroatoms. The molecule has 118 valence electrons. The van der Waals surface area contributed by atoms with Gasteiger partial charge < -0.3 is 14.2 Å². The van der Waals surface area contributed by atoms with E-state index in [4.69, 9.17) is 4.74 Å². The Morgan fingerprint density at radius 2 is 1.91 bits per heavy atom. The van der Waals surface area contributed by atoms with Crippen LogP contribution in [0.4, 0.5) is 4.79 Å². The van der Waals surface area contributed by atoms with Crippen LogP contribution in [-0.4, -0.2) is 39.2 Å². The molecular weight excluding hydrogens is 278 g/mol. The van der Waals surface area contributed by atoms with Crippen LogP contribution in [0, 0.1) is 0 Å². The molecule has 0 atom stereocenters. The van der Waals surface area contributed by atoms with Crippen LogP contribution in [0.25, 0.3) is 11.0 Å². The Hall–Kier alpha value is -2.04. The van der Waals surface area contributed by atoms with Crippen molar-refractivity contribution in [2.75, 3.05) is 13.1 Å². The molecule has 0 radical (unpaired) electrons. The second-order valence-corrected chi connectivity index (χ2v) is 6.84. The van der Waals surface area contributed by atoms with E-state index in [-0.39, 0.29) is 6.09 Å². The Morgan fingerprint density at radius 3 is 2.59 bits per heavy atom. The zero-order valence-corrected chi connectivity index (χ0v) is 13.5. The third-order valence-electron chi connectivity index (χ3n) is 3.99. The van der Waals surface area contributed by atoms with E-state index in [1.807, 2.05) is 45.3 Å². The van der Waals surface area contributed by atoms with E-state index >= 15 is 0 Å². The number of ether oxygens (including phenoxy) is 1. The number of fused-ring (bicyclic) bond motifs is 1. The first-order valence-corrected chi connectivity index (χ1v) is 7.83. The standard InChI is InChI=1S/C17H23N3O2/c1-17(2,3)22-16(21)19-10-8-13(9-11-19)20-12-18-14-6-4-5-7-15(14)20/h4-7,12-13H,8-11H2,1-3H3. The van der Waals surface area contributed by atoms with Gasteiger partial charge in [0.05, 0.1) is 17.4 Å². The molecule has 1 aromatic carbocycles. The van der Waals surface area contributed by atoms with Crippen molar-refractivity contribution >= 4 is 17.1 Å². The highest BCUT2D eigenvalue weighted by Crippen LogP contribution is 2.27. The molecule has 1 saturated heterocycles. The minimum atomic E-state index is -0.436. The lowest BCUT2D eigenvalue weighted by atomic mass is 10.0. The van der Waals surface area contributed by atoms with E-state index < -0.39 is 5.60 Å². The molecule has 2 aromatic rings. The number of benzene rings is 1. The number of carbonyl (C=O) groups excluding carboxylic acids is 1. The van der Waals surface area contributed by atoms with Crippen molar-refractivity contribution in [2.24, 2.45) is 0 Å². The highest BCUT2D eigenvalue weighted by Gasteiger charge is 2.27. The van der Waals surface area contributed by atoms with Crippen molar-refractivity contribution in [2.45, 2.75) is 45.3 Å². The number of hydrogen-bond donors (Lipinski definition) is 0. The first-order chi connectivity index (χ1) is 10.4. The first kappa shape index (κ1) is 14.9. The van der Waals surface area contributed by atoms with Crippen LogP contribution >= 0.6 is 0 Å². The quantitative estimate of drug-likeness (QED) is 0.808. The van der Waals surface area contributed by atoms with E-state index in [9.17, 15) is 4.79 Å². The lowest BCUT2D eigenvalue weighted by Gasteiger charge is -2.34. The van der Waals surface area contributed by atoms with Crippen LogP contribution in [0.1, 0.15) is 39.7 Å². The smallest absolute Gasteiger partial charge is 0.410 e. The molecule has 0 bridgehead atoms. The van der Waals surface area contributed by atoms with Crippen molar-refractivity contribution in [3.05, 3.63) is 30.6 Å². The monoisotopic (exact) mass is 301 g/mol. The maximum atomic E-state index is 12.1. The van der Waals surface area contributed by atoms with Gasteiger partial charge in [-0.15, -0.1) is 0 Å². The largest absolute Gasteiger partial charge is 0.444 e. The minimum absolute atomic E-state index is 0.207. The summed E-state index contributed by atoms with van der Waals surface area (Å²) in [6.07, 6.45) is 3.57. The summed E-state index contributed by atoms with van der Waals surface area (Å²) in [7, 11) is 0. The summed E-state index contributed by atoms with van der Waals surface area (Å²) in [5.74, 6) is 0. The molecule has 0 aliphatic carbocycles. The highest BCUT2D eigenvalue weighted by molar-refractivity contribution is 5.75. The number of carbonyl (C=O) groups is 1. The molecule has 0 saturated carbocycles. The third kappa shape index (κ3) is 3.08. The zero-order valence-electron chi connectivity index (χ0n) is 13.5. The Bertz CT molecular complexity index is 664. The van der Waals surface area contributed by atoms with Gasteiger partial charge in [0.1, 0.15) is 5.60 Å². The molecule has 1 amide bonds. The number of hydrogen-bond acceptors (Lipinski definition) is 3. The number of likely N-dealkylation sites (tertiary alicyclic amines) is 1.